The lowest BCUT2D eigenvalue weighted by atomic mass is 10.2. The van der Waals surface area contributed by atoms with Crippen molar-refractivity contribution in [2.45, 2.75) is 25.6 Å². The fraction of sp³-hybridized carbons (Fsp3) is 0.462. The molecule has 0 aromatic heterocycles. The molecule has 1 aromatic rings. The predicted molar refractivity (Wildman–Crippen MR) is 77.3 cm³/mol. The maximum atomic E-state index is 12.3. The molecule has 1 atom stereocenters. The van der Waals surface area contributed by atoms with Crippen LogP contribution in [0.2, 0.25) is 0 Å². The number of esters is 1. The van der Waals surface area contributed by atoms with Crippen molar-refractivity contribution in [3.8, 4) is 0 Å². The number of hydrogen-bond acceptors (Lipinski definition) is 5. The van der Waals surface area contributed by atoms with Crippen LogP contribution in [0.5, 0.6) is 0 Å². The number of nitrogen functional groups attached to an aromatic ring is 1. The lowest BCUT2D eigenvalue weighted by molar-refractivity contribution is -0.139. The van der Waals surface area contributed by atoms with E-state index in [1.54, 1.807) is 31.2 Å². The summed E-state index contributed by atoms with van der Waals surface area (Å²) in [6.07, 6.45) is 0. The largest absolute Gasteiger partial charge is 0.468 e. The number of carbonyl (C=O) groups excluding carboxylic acids is 1. The van der Waals surface area contributed by atoms with Gasteiger partial charge in [-0.1, -0.05) is 19.1 Å². The number of sulfonamides is 1. The van der Waals surface area contributed by atoms with Crippen LogP contribution in [0, 0.1) is 0 Å². The third-order valence-corrected chi connectivity index (χ3v) is 5.22. The summed E-state index contributed by atoms with van der Waals surface area (Å²) >= 11 is 0. The zero-order chi connectivity index (χ0) is 15.3. The molecule has 0 aliphatic heterocycles. The Kier molecular flexibility index (Phi) is 5.52. The smallest absolute Gasteiger partial charge is 0.325 e. The number of carbonyl (C=O) groups is 1. The average Bonchev–Trinajstić information content (AvgIpc) is 2.44. The second kappa shape index (κ2) is 6.71. The highest BCUT2D eigenvalue weighted by molar-refractivity contribution is 7.90. The van der Waals surface area contributed by atoms with Crippen LogP contribution in [-0.2, 0) is 26.1 Å². The van der Waals surface area contributed by atoms with Crippen LogP contribution in [0.1, 0.15) is 19.4 Å². The first-order valence-electron chi connectivity index (χ1n) is 6.24. The summed E-state index contributed by atoms with van der Waals surface area (Å²) in [6, 6.07) is 6.94. The number of methoxy groups -OCH3 is 1. The lowest BCUT2D eigenvalue weighted by Crippen LogP contribution is -2.41. The molecule has 0 amide bonds. The molecule has 1 aromatic carbocycles. The van der Waals surface area contributed by atoms with Crippen LogP contribution in [0.25, 0.3) is 0 Å². The number of ether oxygens (including phenoxy) is 1. The molecular weight excluding hydrogens is 280 g/mol. The summed E-state index contributed by atoms with van der Waals surface area (Å²) in [5.74, 6) is -0.763. The molecule has 1 unspecified atom stereocenters. The van der Waals surface area contributed by atoms with Gasteiger partial charge in [0.1, 0.15) is 0 Å². The van der Waals surface area contributed by atoms with Crippen molar-refractivity contribution in [1.82, 2.24) is 4.31 Å². The van der Waals surface area contributed by atoms with Crippen molar-refractivity contribution in [3.05, 3.63) is 29.8 Å². The first-order valence-corrected chi connectivity index (χ1v) is 7.74. The van der Waals surface area contributed by atoms with E-state index in [9.17, 15) is 13.2 Å². The Balaban J connectivity index is 2.95. The topological polar surface area (TPSA) is 89.7 Å². The Morgan fingerprint density at radius 2 is 1.90 bits per heavy atom. The monoisotopic (exact) mass is 300 g/mol. The van der Waals surface area contributed by atoms with Gasteiger partial charge in [-0.05, 0) is 24.6 Å². The molecule has 0 aliphatic carbocycles. The molecule has 20 heavy (non-hydrogen) atoms. The van der Waals surface area contributed by atoms with Gasteiger partial charge in [-0.15, -0.1) is 0 Å². The van der Waals surface area contributed by atoms with Crippen molar-refractivity contribution in [2.75, 3.05) is 19.4 Å². The zero-order valence-corrected chi connectivity index (χ0v) is 12.7. The minimum Gasteiger partial charge on any atom is -0.468 e. The number of benzene rings is 1. The fourth-order valence-electron chi connectivity index (χ4n) is 1.72. The summed E-state index contributed by atoms with van der Waals surface area (Å²) in [5.41, 5.74) is 7.01. The van der Waals surface area contributed by atoms with Crippen molar-refractivity contribution in [2.24, 2.45) is 0 Å². The molecule has 0 radical (unpaired) electrons. The van der Waals surface area contributed by atoms with Gasteiger partial charge in [0.05, 0.1) is 7.11 Å². The average molecular weight is 300 g/mol. The number of anilines is 1. The lowest BCUT2D eigenvalue weighted by Gasteiger charge is -2.23. The highest BCUT2D eigenvalue weighted by Crippen LogP contribution is 2.15. The van der Waals surface area contributed by atoms with Crippen LogP contribution < -0.4 is 5.73 Å². The van der Waals surface area contributed by atoms with Gasteiger partial charge >= 0.3 is 5.97 Å². The van der Waals surface area contributed by atoms with E-state index in [1.807, 2.05) is 0 Å². The van der Waals surface area contributed by atoms with Gasteiger partial charge in [-0.3, -0.25) is 4.79 Å². The van der Waals surface area contributed by atoms with Crippen molar-refractivity contribution >= 4 is 21.7 Å². The summed E-state index contributed by atoms with van der Waals surface area (Å²) < 4.78 is 30.4. The Morgan fingerprint density at radius 1 is 1.35 bits per heavy atom. The summed E-state index contributed by atoms with van der Waals surface area (Å²) in [7, 11) is -2.57. The van der Waals surface area contributed by atoms with E-state index in [4.69, 9.17) is 5.73 Å². The minimum absolute atomic E-state index is 0.195. The maximum absolute atomic E-state index is 12.3. The SMILES string of the molecule is CCN(Cc1ccc(N)cc1)S(=O)(=O)C(C)C(=O)OC. The van der Waals surface area contributed by atoms with Crippen LogP contribution >= 0.6 is 0 Å². The third kappa shape index (κ3) is 3.71. The van der Waals surface area contributed by atoms with Crippen LogP contribution in [-0.4, -0.2) is 37.6 Å². The fourth-order valence-corrected chi connectivity index (χ4v) is 3.20. The molecule has 0 spiro atoms. The predicted octanol–water partition coefficient (Wildman–Crippen LogP) is 0.982. The quantitative estimate of drug-likeness (QED) is 0.625. The molecule has 2 N–H and O–H groups in total. The molecule has 0 fully saturated rings. The zero-order valence-electron chi connectivity index (χ0n) is 11.9. The van der Waals surface area contributed by atoms with Crippen molar-refractivity contribution < 1.29 is 17.9 Å². The molecule has 7 heteroatoms. The van der Waals surface area contributed by atoms with Gasteiger partial charge in [0.15, 0.2) is 5.25 Å². The molecule has 6 nitrogen and oxygen atoms in total. The number of hydrogen-bond donors (Lipinski definition) is 1. The Morgan fingerprint density at radius 3 is 2.35 bits per heavy atom. The van der Waals surface area contributed by atoms with E-state index >= 15 is 0 Å². The number of rotatable bonds is 6. The van der Waals surface area contributed by atoms with Crippen LogP contribution in [0.3, 0.4) is 0 Å². The molecule has 0 saturated heterocycles. The first-order chi connectivity index (χ1) is 9.32. The van der Waals surface area contributed by atoms with Crippen molar-refractivity contribution in [3.63, 3.8) is 0 Å². The number of nitrogens with zero attached hydrogens (tertiary/aromatic N) is 1. The molecule has 0 saturated carbocycles. The van der Waals surface area contributed by atoms with E-state index in [0.29, 0.717) is 5.69 Å². The Hall–Kier alpha value is -1.60. The summed E-state index contributed by atoms with van der Waals surface area (Å²) in [5, 5.41) is -1.22. The highest BCUT2D eigenvalue weighted by atomic mass is 32.2. The minimum atomic E-state index is -3.74. The van der Waals surface area contributed by atoms with E-state index in [1.165, 1.54) is 18.3 Å². The van der Waals surface area contributed by atoms with E-state index in [-0.39, 0.29) is 13.1 Å². The Bertz CT molecular complexity index is 554. The second-order valence-corrected chi connectivity index (χ2v) is 6.63. The first kappa shape index (κ1) is 16.5. The van der Waals surface area contributed by atoms with Gasteiger partial charge < -0.3 is 10.5 Å². The van der Waals surface area contributed by atoms with Gasteiger partial charge in [0.25, 0.3) is 0 Å². The Labute approximate surface area is 119 Å². The van der Waals surface area contributed by atoms with Gasteiger partial charge in [-0.25, -0.2) is 8.42 Å². The highest BCUT2D eigenvalue weighted by Gasteiger charge is 2.33. The standard InChI is InChI=1S/C13H20N2O4S/c1-4-15(9-11-5-7-12(14)8-6-11)20(17,18)10(2)13(16)19-3/h5-8,10H,4,9,14H2,1-3H3. The summed E-state index contributed by atoms with van der Waals surface area (Å²) in [6.45, 7) is 3.51. The molecule has 0 bridgehead atoms. The van der Waals surface area contributed by atoms with E-state index < -0.39 is 21.2 Å². The van der Waals surface area contributed by atoms with Gasteiger partial charge in [0.2, 0.25) is 10.0 Å². The van der Waals surface area contributed by atoms with Crippen molar-refractivity contribution in [1.29, 1.82) is 0 Å². The third-order valence-electron chi connectivity index (χ3n) is 3.03. The van der Waals surface area contributed by atoms with Gasteiger partial charge in [-0.2, -0.15) is 4.31 Å². The van der Waals surface area contributed by atoms with Crippen LogP contribution in [0.15, 0.2) is 24.3 Å². The van der Waals surface area contributed by atoms with Gasteiger partial charge in [0, 0.05) is 18.8 Å². The molecule has 112 valence electrons. The second-order valence-electron chi connectivity index (χ2n) is 4.38. The van der Waals surface area contributed by atoms with E-state index in [2.05, 4.69) is 4.74 Å². The van der Waals surface area contributed by atoms with Crippen LogP contribution in [0.4, 0.5) is 5.69 Å². The maximum Gasteiger partial charge on any atom is 0.325 e. The molecule has 0 aliphatic rings. The normalized spacial score (nSPS) is 13.2. The molecular formula is C13H20N2O4S. The number of nitrogens with two attached hydrogens (primary N) is 1. The van der Waals surface area contributed by atoms with E-state index in [0.717, 1.165) is 5.56 Å². The summed E-state index contributed by atoms with van der Waals surface area (Å²) in [4.78, 5) is 11.4. The molecule has 1 rings (SSSR count). The molecule has 0 heterocycles.